The molecule has 2 amide bonds. The van der Waals surface area contributed by atoms with E-state index in [4.69, 9.17) is 17.2 Å². The summed E-state index contributed by atoms with van der Waals surface area (Å²) in [5, 5.41) is 1.79. The first kappa shape index (κ1) is 11.6. The molecule has 0 saturated carbocycles. The van der Waals surface area contributed by atoms with Gasteiger partial charge in [0.25, 0.3) is 11.8 Å². The Balaban J connectivity index is 2.42. The highest BCUT2D eigenvalue weighted by Crippen LogP contribution is 2.35. The third-order valence-electron chi connectivity index (χ3n) is 2.11. The highest BCUT2D eigenvalue weighted by Gasteiger charge is 2.14. The number of hydrogen-bond donors (Lipinski definition) is 3. The molecule has 0 unspecified atom stereocenters. The van der Waals surface area contributed by atoms with E-state index in [1.54, 1.807) is 17.5 Å². The third-order valence-corrected chi connectivity index (χ3v) is 4.27. The van der Waals surface area contributed by atoms with Crippen LogP contribution < -0.4 is 17.2 Å². The maximum atomic E-state index is 11.1. The van der Waals surface area contributed by atoms with Gasteiger partial charge in [0.2, 0.25) is 0 Å². The summed E-state index contributed by atoms with van der Waals surface area (Å²) >= 11 is 2.45. The summed E-state index contributed by atoms with van der Waals surface area (Å²) in [7, 11) is 0. The van der Waals surface area contributed by atoms with Gasteiger partial charge in [-0.3, -0.25) is 9.59 Å². The van der Waals surface area contributed by atoms with Crippen molar-refractivity contribution in [1.82, 2.24) is 0 Å². The summed E-state index contributed by atoms with van der Waals surface area (Å²) in [4.78, 5) is 23.6. The number of thiophene rings is 2. The van der Waals surface area contributed by atoms with Crippen LogP contribution in [0.3, 0.4) is 0 Å². The lowest BCUT2D eigenvalue weighted by atomic mass is 10.2. The Morgan fingerprint density at radius 3 is 2.29 bits per heavy atom. The molecule has 0 aliphatic rings. The molecule has 17 heavy (non-hydrogen) atoms. The molecule has 0 aromatic carbocycles. The molecule has 2 aromatic heterocycles. The maximum Gasteiger partial charge on any atom is 0.260 e. The lowest BCUT2D eigenvalue weighted by molar-refractivity contribution is 0.0996. The Labute approximate surface area is 105 Å². The van der Waals surface area contributed by atoms with Crippen LogP contribution in [0.15, 0.2) is 17.5 Å². The smallest absolute Gasteiger partial charge is 0.260 e. The van der Waals surface area contributed by atoms with E-state index < -0.39 is 11.8 Å². The largest absolute Gasteiger partial charge is 0.397 e. The molecule has 2 aromatic rings. The number of rotatable bonds is 3. The molecule has 0 aliphatic heterocycles. The van der Waals surface area contributed by atoms with Gasteiger partial charge in [-0.05, 0) is 12.1 Å². The van der Waals surface area contributed by atoms with Crippen molar-refractivity contribution in [3.8, 4) is 10.4 Å². The van der Waals surface area contributed by atoms with E-state index in [0.29, 0.717) is 15.4 Å². The summed E-state index contributed by atoms with van der Waals surface area (Å²) in [6.45, 7) is 0. The molecule has 0 radical (unpaired) electrons. The highest BCUT2D eigenvalue weighted by atomic mass is 32.1. The molecule has 0 saturated heterocycles. The molecule has 88 valence electrons. The predicted molar refractivity (Wildman–Crippen MR) is 69.1 cm³/mol. The fourth-order valence-corrected chi connectivity index (χ4v) is 3.09. The molecule has 0 atom stereocenters. The van der Waals surface area contributed by atoms with Crippen LogP contribution in [0.1, 0.15) is 19.3 Å². The summed E-state index contributed by atoms with van der Waals surface area (Å²) < 4.78 is 0. The van der Waals surface area contributed by atoms with Crippen molar-refractivity contribution in [2.24, 2.45) is 11.5 Å². The standard InChI is InChI=1S/C10H9N3O2S2/c11-5-2-6(17-8(5)10(13)15)4-1-7(9(12)14)16-3-4/h1-3H,11H2,(H2,12,14)(H2,13,15). The van der Waals surface area contributed by atoms with Gasteiger partial charge in [0.05, 0.1) is 10.6 Å². The van der Waals surface area contributed by atoms with Crippen molar-refractivity contribution in [2.45, 2.75) is 0 Å². The van der Waals surface area contributed by atoms with E-state index in [0.717, 1.165) is 10.4 Å². The molecule has 5 nitrogen and oxygen atoms in total. The van der Waals surface area contributed by atoms with Gasteiger partial charge in [-0.1, -0.05) is 0 Å². The number of hydrogen-bond acceptors (Lipinski definition) is 5. The SMILES string of the molecule is NC(=O)c1cc(-c2cc(N)c(C(N)=O)s2)cs1. The first-order valence-electron chi connectivity index (χ1n) is 4.57. The fourth-order valence-electron chi connectivity index (χ4n) is 1.33. The van der Waals surface area contributed by atoms with Gasteiger partial charge in [0, 0.05) is 15.8 Å². The zero-order chi connectivity index (χ0) is 12.6. The van der Waals surface area contributed by atoms with Crippen LogP contribution in [0.5, 0.6) is 0 Å². The normalized spacial score (nSPS) is 10.4. The first-order chi connectivity index (χ1) is 7.99. The lowest BCUT2D eigenvalue weighted by Gasteiger charge is -1.89. The summed E-state index contributed by atoms with van der Waals surface area (Å²) in [6, 6.07) is 3.33. The molecule has 2 heterocycles. The van der Waals surface area contributed by atoms with E-state index in [2.05, 4.69) is 0 Å². The third kappa shape index (κ3) is 2.15. The quantitative estimate of drug-likeness (QED) is 0.778. The van der Waals surface area contributed by atoms with E-state index in [9.17, 15) is 9.59 Å². The molecule has 0 fully saturated rings. The van der Waals surface area contributed by atoms with Crippen LogP contribution in [0.2, 0.25) is 0 Å². The van der Waals surface area contributed by atoms with Gasteiger partial charge >= 0.3 is 0 Å². The van der Waals surface area contributed by atoms with E-state index in [1.165, 1.54) is 22.7 Å². The monoisotopic (exact) mass is 267 g/mol. The average molecular weight is 267 g/mol. The second-order valence-electron chi connectivity index (χ2n) is 3.32. The predicted octanol–water partition coefficient (Wildman–Crippen LogP) is 1.26. The van der Waals surface area contributed by atoms with E-state index in [1.807, 2.05) is 0 Å². The van der Waals surface area contributed by atoms with Crippen molar-refractivity contribution in [2.75, 3.05) is 5.73 Å². The molecule has 0 bridgehead atoms. The van der Waals surface area contributed by atoms with E-state index in [-0.39, 0.29) is 0 Å². The van der Waals surface area contributed by atoms with Crippen molar-refractivity contribution >= 4 is 40.2 Å². The van der Waals surface area contributed by atoms with Crippen LogP contribution in [0.25, 0.3) is 10.4 Å². The number of anilines is 1. The zero-order valence-corrected chi connectivity index (χ0v) is 10.2. The number of carbonyl (C=O) groups is 2. The Hall–Kier alpha value is -1.86. The lowest BCUT2D eigenvalue weighted by Crippen LogP contribution is -2.10. The first-order valence-corrected chi connectivity index (χ1v) is 6.26. The minimum absolute atomic E-state index is 0.326. The molecular weight excluding hydrogens is 258 g/mol. The molecular formula is C10H9N3O2S2. The zero-order valence-electron chi connectivity index (χ0n) is 8.60. The molecule has 7 heteroatoms. The number of nitrogen functional groups attached to an aromatic ring is 1. The van der Waals surface area contributed by atoms with Crippen LogP contribution in [0, 0.1) is 0 Å². The van der Waals surface area contributed by atoms with Crippen molar-refractivity contribution in [3.05, 3.63) is 27.3 Å². The fraction of sp³-hybridized carbons (Fsp3) is 0. The second-order valence-corrected chi connectivity index (χ2v) is 5.29. The topological polar surface area (TPSA) is 112 Å². The van der Waals surface area contributed by atoms with Gasteiger partial charge < -0.3 is 17.2 Å². The summed E-state index contributed by atoms with van der Waals surface area (Å²) in [6.07, 6.45) is 0. The summed E-state index contributed by atoms with van der Waals surface area (Å²) in [5.41, 5.74) is 17.2. The van der Waals surface area contributed by atoms with Crippen LogP contribution >= 0.6 is 22.7 Å². The minimum atomic E-state index is -0.552. The minimum Gasteiger partial charge on any atom is -0.397 e. The highest BCUT2D eigenvalue weighted by molar-refractivity contribution is 7.18. The van der Waals surface area contributed by atoms with E-state index >= 15 is 0 Å². The van der Waals surface area contributed by atoms with Gasteiger partial charge in [-0.25, -0.2) is 0 Å². The number of primary amides is 2. The molecule has 0 spiro atoms. The van der Waals surface area contributed by atoms with Crippen molar-refractivity contribution in [3.63, 3.8) is 0 Å². The Kier molecular flexibility index (Phi) is 2.86. The van der Waals surface area contributed by atoms with Crippen LogP contribution in [0.4, 0.5) is 5.69 Å². The van der Waals surface area contributed by atoms with Crippen LogP contribution in [-0.4, -0.2) is 11.8 Å². The van der Waals surface area contributed by atoms with Gasteiger partial charge in [0.1, 0.15) is 4.88 Å². The Morgan fingerprint density at radius 2 is 1.82 bits per heavy atom. The number of nitrogens with two attached hydrogens (primary N) is 3. The van der Waals surface area contributed by atoms with Gasteiger partial charge in [-0.15, -0.1) is 22.7 Å². The number of carbonyl (C=O) groups excluding carboxylic acids is 2. The number of amides is 2. The van der Waals surface area contributed by atoms with Gasteiger partial charge in [-0.2, -0.15) is 0 Å². The van der Waals surface area contributed by atoms with Gasteiger partial charge in [0.15, 0.2) is 0 Å². The van der Waals surface area contributed by atoms with Crippen molar-refractivity contribution < 1.29 is 9.59 Å². The maximum absolute atomic E-state index is 11.1. The Bertz CT molecular complexity index is 600. The van der Waals surface area contributed by atoms with Crippen LogP contribution in [-0.2, 0) is 0 Å². The molecule has 2 rings (SSSR count). The molecule has 0 aliphatic carbocycles. The second kappa shape index (κ2) is 4.19. The summed E-state index contributed by atoms with van der Waals surface area (Å²) in [5.74, 6) is -1.02. The van der Waals surface area contributed by atoms with Crippen molar-refractivity contribution in [1.29, 1.82) is 0 Å². The Morgan fingerprint density at radius 1 is 1.12 bits per heavy atom. The molecule has 6 N–H and O–H groups in total. The average Bonchev–Trinajstić information content (AvgIpc) is 2.82.